The van der Waals surface area contributed by atoms with Crippen molar-refractivity contribution in [1.29, 1.82) is 0 Å². The maximum atomic E-state index is 13.6. The van der Waals surface area contributed by atoms with E-state index in [1.807, 2.05) is 0 Å². The molecule has 0 bridgehead atoms. The van der Waals surface area contributed by atoms with Crippen LogP contribution in [0.15, 0.2) is 18.2 Å². The van der Waals surface area contributed by atoms with Crippen LogP contribution in [-0.4, -0.2) is 42.3 Å². The second-order valence-corrected chi connectivity index (χ2v) is 4.52. The molecule has 2 rings (SSSR count). The van der Waals surface area contributed by atoms with Crippen molar-refractivity contribution in [2.75, 3.05) is 18.0 Å². The summed E-state index contributed by atoms with van der Waals surface area (Å²) in [5, 5.41) is 11.3. The van der Waals surface area contributed by atoms with Crippen LogP contribution in [0.3, 0.4) is 0 Å². The molecule has 112 valence electrons. The smallest absolute Gasteiger partial charge is 0.414 e. The first-order valence-corrected chi connectivity index (χ1v) is 6.14. The van der Waals surface area contributed by atoms with Crippen molar-refractivity contribution in [3.8, 4) is 0 Å². The van der Waals surface area contributed by atoms with Crippen molar-refractivity contribution >= 4 is 23.7 Å². The van der Waals surface area contributed by atoms with Gasteiger partial charge >= 0.3 is 12.1 Å². The quantitative estimate of drug-likeness (QED) is 0.863. The summed E-state index contributed by atoms with van der Waals surface area (Å²) in [4.78, 5) is 34.4. The van der Waals surface area contributed by atoms with Gasteiger partial charge in [0.25, 0.3) is 0 Å². The number of aromatic carboxylic acids is 1. The number of carboxylic acids is 1. The Morgan fingerprint density at radius 3 is 2.81 bits per heavy atom. The molecular weight excluding hydrogens is 283 g/mol. The third-order valence-corrected chi connectivity index (χ3v) is 2.95. The molecule has 1 aromatic carbocycles. The Bertz CT molecular complexity index is 604. The third kappa shape index (κ3) is 3.28. The number of carbonyl (C=O) groups is 3. The molecule has 1 heterocycles. The van der Waals surface area contributed by atoms with Gasteiger partial charge in [-0.05, 0) is 18.2 Å². The van der Waals surface area contributed by atoms with Crippen LogP contribution in [0.25, 0.3) is 0 Å². The summed E-state index contributed by atoms with van der Waals surface area (Å²) in [5.41, 5.74) is -0.270. The van der Waals surface area contributed by atoms with E-state index in [-0.39, 0.29) is 24.7 Å². The van der Waals surface area contributed by atoms with Gasteiger partial charge in [-0.3, -0.25) is 9.69 Å². The zero-order valence-electron chi connectivity index (χ0n) is 11.1. The fourth-order valence-electron chi connectivity index (χ4n) is 1.94. The van der Waals surface area contributed by atoms with Gasteiger partial charge in [0.15, 0.2) is 0 Å². The SMILES string of the molecule is CC(=O)NC[C@H]1CN(c2ccc(C(=O)O)c(F)c2)C(=O)O1. The number of amides is 2. The number of nitrogens with zero attached hydrogens (tertiary/aromatic N) is 1. The highest BCUT2D eigenvalue weighted by Gasteiger charge is 2.32. The lowest BCUT2D eigenvalue weighted by molar-refractivity contribution is -0.119. The first-order chi connectivity index (χ1) is 9.88. The predicted molar refractivity (Wildman–Crippen MR) is 69.7 cm³/mol. The summed E-state index contributed by atoms with van der Waals surface area (Å²) >= 11 is 0. The van der Waals surface area contributed by atoms with Gasteiger partial charge in [-0.1, -0.05) is 0 Å². The van der Waals surface area contributed by atoms with Crippen molar-refractivity contribution in [3.63, 3.8) is 0 Å². The van der Waals surface area contributed by atoms with Crippen LogP contribution in [0, 0.1) is 5.82 Å². The molecule has 7 nitrogen and oxygen atoms in total. The predicted octanol–water partition coefficient (Wildman–Crippen LogP) is 0.985. The lowest BCUT2D eigenvalue weighted by Crippen LogP contribution is -2.33. The molecule has 1 aromatic rings. The van der Waals surface area contributed by atoms with Gasteiger partial charge < -0.3 is 15.2 Å². The monoisotopic (exact) mass is 296 g/mol. The summed E-state index contributed by atoms with van der Waals surface area (Å²) in [5.74, 6) is -2.56. The molecule has 0 aliphatic carbocycles. The normalized spacial score (nSPS) is 17.5. The molecule has 0 radical (unpaired) electrons. The summed E-state index contributed by atoms with van der Waals surface area (Å²) in [7, 11) is 0. The molecular formula is C13H13FN2O5. The molecule has 2 amide bonds. The van der Waals surface area contributed by atoms with Gasteiger partial charge in [0, 0.05) is 6.92 Å². The van der Waals surface area contributed by atoms with Crippen LogP contribution >= 0.6 is 0 Å². The van der Waals surface area contributed by atoms with Crippen LogP contribution < -0.4 is 10.2 Å². The molecule has 8 heteroatoms. The van der Waals surface area contributed by atoms with E-state index in [9.17, 15) is 18.8 Å². The van der Waals surface area contributed by atoms with E-state index in [2.05, 4.69) is 5.32 Å². The molecule has 1 saturated heterocycles. The molecule has 21 heavy (non-hydrogen) atoms. The molecule has 1 aliphatic heterocycles. The van der Waals surface area contributed by atoms with Crippen molar-refractivity contribution in [2.45, 2.75) is 13.0 Å². The highest BCUT2D eigenvalue weighted by Crippen LogP contribution is 2.23. The molecule has 0 spiro atoms. The maximum absolute atomic E-state index is 13.6. The minimum atomic E-state index is -1.38. The molecule has 0 aromatic heterocycles. The standard InChI is InChI=1S/C13H13FN2O5/c1-7(17)15-5-9-6-16(13(20)21-9)8-2-3-10(12(18)19)11(14)4-8/h2-4,9H,5-6H2,1H3,(H,15,17)(H,18,19)/t9-/m0/s1. The van der Waals surface area contributed by atoms with E-state index in [1.54, 1.807) is 0 Å². The highest BCUT2D eigenvalue weighted by atomic mass is 19.1. The number of halogens is 1. The molecule has 2 N–H and O–H groups in total. The lowest BCUT2D eigenvalue weighted by atomic mass is 10.2. The largest absolute Gasteiger partial charge is 0.478 e. The average molecular weight is 296 g/mol. The molecule has 0 saturated carbocycles. The Hall–Kier alpha value is -2.64. The van der Waals surface area contributed by atoms with E-state index in [0.717, 1.165) is 12.1 Å². The number of anilines is 1. The summed E-state index contributed by atoms with van der Waals surface area (Å²) in [6, 6.07) is 3.38. The van der Waals surface area contributed by atoms with Crippen molar-refractivity contribution in [2.24, 2.45) is 0 Å². The number of carbonyl (C=O) groups excluding carboxylic acids is 2. The second-order valence-electron chi connectivity index (χ2n) is 4.52. The number of rotatable bonds is 4. The minimum Gasteiger partial charge on any atom is -0.478 e. The van der Waals surface area contributed by atoms with Crippen LogP contribution in [-0.2, 0) is 9.53 Å². The number of cyclic esters (lactones) is 1. The van der Waals surface area contributed by atoms with E-state index >= 15 is 0 Å². The van der Waals surface area contributed by atoms with Crippen LogP contribution in [0.1, 0.15) is 17.3 Å². The van der Waals surface area contributed by atoms with Gasteiger partial charge in [0.05, 0.1) is 24.3 Å². The van der Waals surface area contributed by atoms with E-state index in [0.29, 0.717) is 0 Å². The van der Waals surface area contributed by atoms with Crippen LogP contribution in [0.2, 0.25) is 0 Å². The van der Waals surface area contributed by atoms with Crippen LogP contribution in [0.5, 0.6) is 0 Å². The highest BCUT2D eigenvalue weighted by molar-refractivity contribution is 5.92. The summed E-state index contributed by atoms with van der Waals surface area (Å²) < 4.78 is 18.6. The van der Waals surface area contributed by atoms with Crippen molar-refractivity contribution in [3.05, 3.63) is 29.6 Å². The van der Waals surface area contributed by atoms with Gasteiger partial charge in [-0.25, -0.2) is 14.0 Å². The average Bonchev–Trinajstić information content (AvgIpc) is 2.77. The zero-order chi connectivity index (χ0) is 15.6. The third-order valence-electron chi connectivity index (χ3n) is 2.95. The first kappa shape index (κ1) is 14.8. The minimum absolute atomic E-state index is 0.144. The van der Waals surface area contributed by atoms with E-state index < -0.39 is 29.5 Å². The Balaban J connectivity index is 2.12. The summed E-state index contributed by atoms with van der Waals surface area (Å²) in [6.45, 7) is 1.65. The van der Waals surface area contributed by atoms with Gasteiger partial charge in [-0.15, -0.1) is 0 Å². The number of nitrogens with one attached hydrogen (secondary N) is 1. The van der Waals surface area contributed by atoms with Gasteiger partial charge in [0.1, 0.15) is 11.9 Å². The van der Waals surface area contributed by atoms with Gasteiger partial charge in [-0.2, -0.15) is 0 Å². The van der Waals surface area contributed by atoms with Crippen LogP contribution in [0.4, 0.5) is 14.9 Å². The molecule has 1 aliphatic rings. The first-order valence-electron chi connectivity index (χ1n) is 6.14. The number of benzene rings is 1. The number of carboxylic acid groups (broad SMARTS) is 1. The fourth-order valence-corrected chi connectivity index (χ4v) is 1.94. The lowest BCUT2D eigenvalue weighted by Gasteiger charge is -2.13. The van der Waals surface area contributed by atoms with Crippen molar-refractivity contribution < 1.29 is 28.6 Å². The number of hydrogen-bond acceptors (Lipinski definition) is 4. The Morgan fingerprint density at radius 1 is 1.52 bits per heavy atom. The molecule has 1 fully saturated rings. The second kappa shape index (κ2) is 5.78. The topological polar surface area (TPSA) is 95.9 Å². The van der Waals surface area contributed by atoms with Crippen molar-refractivity contribution in [1.82, 2.24) is 5.32 Å². The van der Waals surface area contributed by atoms with Gasteiger partial charge in [0.2, 0.25) is 5.91 Å². The van der Waals surface area contributed by atoms with E-state index in [1.165, 1.54) is 17.9 Å². The Morgan fingerprint density at radius 2 is 2.24 bits per heavy atom. The number of ether oxygens (including phenoxy) is 1. The molecule has 1 atom stereocenters. The number of hydrogen-bond donors (Lipinski definition) is 2. The fraction of sp³-hybridized carbons (Fsp3) is 0.308. The zero-order valence-corrected chi connectivity index (χ0v) is 11.1. The maximum Gasteiger partial charge on any atom is 0.414 e. The van der Waals surface area contributed by atoms with E-state index in [4.69, 9.17) is 9.84 Å². The summed E-state index contributed by atoms with van der Waals surface area (Å²) in [6.07, 6.45) is -1.21. The Kier molecular flexibility index (Phi) is 4.06. The Labute approximate surface area is 119 Å². The molecule has 0 unspecified atom stereocenters.